The van der Waals surface area contributed by atoms with Crippen molar-refractivity contribution in [3.8, 4) is 0 Å². The van der Waals surface area contributed by atoms with Crippen LogP contribution in [0.5, 0.6) is 0 Å². The molecule has 0 radical (unpaired) electrons. The Morgan fingerprint density at radius 1 is 1.33 bits per heavy atom. The minimum atomic E-state index is 0.449. The smallest absolute Gasteiger partial charge is 0.0618 e. The van der Waals surface area contributed by atoms with E-state index in [2.05, 4.69) is 35.2 Å². The van der Waals surface area contributed by atoms with E-state index >= 15 is 0 Å². The zero-order chi connectivity index (χ0) is 14.9. The van der Waals surface area contributed by atoms with Gasteiger partial charge in [-0.15, -0.1) is 11.3 Å². The van der Waals surface area contributed by atoms with Gasteiger partial charge in [0.25, 0.3) is 0 Å². The molecule has 0 unspecified atom stereocenters. The van der Waals surface area contributed by atoms with Gasteiger partial charge < -0.3 is 4.74 Å². The molecule has 1 aromatic rings. The first kappa shape index (κ1) is 15.5. The summed E-state index contributed by atoms with van der Waals surface area (Å²) >= 11 is 1.91. The summed E-state index contributed by atoms with van der Waals surface area (Å²) in [5.74, 6) is 0. The molecule has 2 saturated heterocycles. The van der Waals surface area contributed by atoms with Crippen molar-refractivity contribution in [1.82, 2.24) is 9.80 Å². The second-order valence-corrected chi connectivity index (χ2v) is 7.79. The van der Waals surface area contributed by atoms with Crippen molar-refractivity contribution in [2.24, 2.45) is 0 Å². The van der Waals surface area contributed by atoms with Gasteiger partial charge >= 0.3 is 0 Å². The summed E-state index contributed by atoms with van der Waals surface area (Å²) in [5, 5.41) is 2.22. The fourth-order valence-electron chi connectivity index (χ4n) is 4.08. The van der Waals surface area contributed by atoms with Crippen LogP contribution in [0.2, 0.25) is 0 Å². The van der Waals surface area contributed by atoms with E-state index in [-0.39, 0.29) is 0 Å². The summed E-state index contributed by atoms with van der Waals surface area (Å²) in [6.07, 6.45) is 5.28. The van der Waals surface area contributed by atoms with Gasteiger partial charge in [-0.3, -0.25) is 9.80 Å². The lowest BCUT2D eigenvalue weighted by molar-refractivity contribution is 0.0284. The van der Waals surface area contributed by atoms with Crippen molar-refractivity contribution in [2.45, 2.75) is 50.7 Å². The quantitative estimate of drug-likeness (QED) is 0.850. The van der Waals surface area contributed by atoms with E-state index < -0.39 is 0 Å². The number of likely N-dealkylation sites (N-methyl/N-ethyl adjacent to an activating group) is 1. The van der Waals surface area contributed by atoms with Gasteiger partial charge in [0, 0.05) is 43.2 Å². The molecule has 0 saturated carbocycles. The molecule has 3 rings (SSSR count). The molecule has 21 heavy (non-hydrogen) atoms. The third-order valence-corrected chi connectivity index (χ3v) is 6.73. The van der Waals surface area contributed by atoms with Crippen LogP contribution in [0, 0.1) is 6.92 Å². The molecule has 1 aromatic heterocycles. The van der Waals surface area contributed by atoms with Crippen molar-refractivity contribution in [3.05, 3.63) is 21.9 Å². The topological polar surface area (TPSA) is 15.7 Å². The number of hydrogen-bond donors (Lipinski definition) is 0. The van der Waals surface area contributed by atoms with Gasteiger partial charge in [0.2, 0.25) is 0 Å². The Labute approximate surface area is 132 Å². The first-order valence-corrected chi connectivity index (χ1v) is 9.00. The van der Waals surface area contributed by atoms with E-state index in [9.17, 15) is 0 Å². The van der Waals surface area contributed by atoms with Gasteiger partial charge in [0.05, 0.1) is 6.61 Å². The lowest BCUT2D eigenvalue weighted by Crippen LogP contribution is -2.52. The molecular formula is C17H28N2OS. The van der Waals surface area contributed by atoms with E-state index in [4.69, 9.17) is 4.74 Å². The minimum absolute atomic E-state index is 0.449. The number of methoxy groups -OCH3 is 1. The highest BCUT2D eigenvalue weighted by atomic mass is 32.1. The summed E-state index contributed by atoms with van der Waals surface area (Å²) in [6.45, 7) is 6.74. The molecule has 2 aliphatic heterocycles. The average molecular weight is 308 g/mol. The fraction of sp³-hybridized carbons (Fsp3) is 0.765. The van der Waals surface area contributed by atoms with Crippen molar-refractivity contribution >= 4 is 11.3 Å². The van der Waals surface area contributed by atoms with Crippen molar-refractivity contribution in [3.63, 3.8) is 0 Å². The predicted octanol–water partition coefficient (Wildman–Crippen LogP) is 3.13. The number of thiophene rings is 1. The maximum absolute atomic E-state index is 5.38. The molecule has 3 nitrogen and oxygen atoms in total. The number of likely N-dealkylation sites (tertiary alicyclic amines) is 2. The van der Waals surface area contributed by atoms with Gasteiger partial charge in [0.1, 0.15) is 0 Å². The fourth-order valence-corrected chi connectivity index (χ4v) is 5.03. The largest absolute Gasteiger partial charge is 0.383 e. The molecule has 4 heteroatoms. The summed E-state index contributed by atoms with van der Waals surface area (Å²) in [6, 6.07) is 2.87. The van der Waals surface area contributed by atoms with Crippen LogP contribution in [0.15, 0.2) is 11.4 Å². The second-order valence-electron chi connectivity index (χ2n) is 6.79. The summed E-state index contributed by atoms with van der Waals surface area (Å²) in [7, 11) is 4.14. The summed E-state index contributed by atoms with van der Waals surface area (Å²) < 4.78 is 5.38. The van der Waals surface area contributed by atoms with Crippen molar-refractivity contribution < 1.29 is 4.74 Å². The molecule has 118 valence electrons. The molecule has 0 amide bonds. The highest BCUT2D eigenvalue weighted by Crippen LogP contribution is 2.40. The molecule has 2 aliphatic rings. The molecular weight excluding hydrogens is 280 g/mol. The molecule has 0 aromatic carbocycles. The molecule has 0 N–H and O–H groups in total. The monoisotopic (exact) mass is 308 g/mol. The number of piperidine rings is 1. The Balaban J connectivity index is 1.57. The highest BCUT2D eigenvalue weighted by Gasteiger charge is 2.45. The van der Waals surface area contributed by atoms with Crippen LogP contribution in [0.1, 0.15) is 36.1 Å². The van der Waals surface area contributed by atoms with Crippen LogP contribution in [0.4, 0.5) is 0 Å². The van der Waals surface area contributed by atoms with Gasteiger partial charge in [-0.25, -0.2) is 0 Å². The van der Waals surface area contributed by atoms with E-state index in [1.165, 1.54) is 44.3 Å². The molecule has 0 bridgehead atoms. The van der Waals surface area contributed by atoms with Gasteiger partial charge in [-0.1, -0.05) is 0 Å². The number of ether oxygens (including phenoxy) is 1. The third-order valence-electron chi connectivity index (χ3n) is 5.72. The minimum Gasteiger partial charge on any atom is -0.383 e. The predicted molar refractivity (Wildman–Crippen MR) is 89.0 cm³/mol. The zero-order valence-electron chi connectivity index (χ0n) is 13.6. The lowest BCUT2D eigenvalue weighted by atomic mass is 9.85. The Bertz CT molecular complexity index is 465. The Kier molecular flexibility index (Phi) is 4.69. The number of hydrogen-bond acceptors (Lipinski definition) is 4. The number of rotatable bonds is 4. The van der Waals surface area contributed by atoms with Crippen LogP contribution in [0.25, 0.3) is 0 Å². The van der Waals surface area contributed by atoms with E-state index in [0.717, 1.165) is 13.2 Å². The van der Waals surface area contributed by atoms with Gasteiger partial charge in [-0.2, -0.15) is 0 Å². The first-order valence-electron chi connectivity index (χ1n) is 8.12. The summed E-state index contributed by atoms with van der Waals surface area (Å²) in [5.41, 5.74) is 1.91. The van der Waals surface area contributed by atoms with E-state index in [0.29, 0.717) is 11.6 Å². The summed E-state index contributed by atoms with van der Waals surface area (Å²) in [4.78, 5) is 6.81. The lowest BCUT2D eigenvalue weighted by Gasteiger charge is -2.45. The van der Waals surface area contributed by atoms with Crippen LogP contribution in [-0.4, -0.2) is 55.2 Å². The molecule has 1 atom stereocenters. The van der Waals surface area contributed by atoms with Crippen LogP contribution < -0.4 is 0 Å². The Morgan fingerprint density at radius 2 is 2.10 bits per heavy atom. The zero-order valence-corrected chi connectivity index (χ0v) is 14.4. The van der Waals surface area contributed by atoms with Crippen molar-refractivity contribution in [2.75, 3.05) is 33.9 Å². The first-order chi connectivity index (χ1) is 10.1. The van der Waals surface area contributed by atoms with E-state index in [1.54, 1.807) is 4.88 Å². The number of aryl methyl sites for hydroxylation is 1. The molecule has 2 fully saturated rings. The van der Waals surface area contributed by atoms with Crippen LogP contribution in [-0.2, 0) is 11.3 Å². The molecule has 0 aliphatic carbocycles. The van der Waals surface area contributed by atoms with Gasteiger partial charge in [0.15, 0.2) is 0 Å². The average Bonchev–Trinajstić information content (AvgIpc) is 3.01. The number of nitrogens with zero attached hydrogens (tertiary/aromatic N) is 2. The third kappa shape index (κ3) is 3.04. The van der Waals surface area contributed by atoms with Crippen molar-refractivity contribution in [1.29, 1.82) is 0 Å². The highest BCUT2D eigenvalue weighted by molar-refractivity contribution is 7.10. The Hall–Kier alpha value is -0.420. The van der Waals surface area contributed by atoms with Crippen LogP contribution >= 0.6 is 11.3 Å². The normalized spacial score (nSPS) is 26.7. The maximum atomic E-state index is 5.38. The second kappa shape index (κ2) is 6.37. The molecule has 1 spiro atoms. The standard InChI is InChI=1S/C17H28N2OS/c1-14-5-11-21-16(14)12-19-9-7-17(8-10-19)6-4-15(13-20-3)18(17)2/h5,11,15H,4,6-10,12-13H2,1-3H3/t15-/m1/s1. The Morgan fingerprint density at radius 3 is 2.71 bits per heavy atom. The SMILES string of the molecule is COC[C@H]1CCC2(CCN(Cc3sccc3C)CC2)N1C. The molecule has 3 heterocycles. The maximum Gasteiger partial charge on any atom is 0.0618 e. The van der Waals surface area contributed by atoms with Gasteiger partial charge in [-0.05, 0) is 56.7 Å². The van der Waals surface area contributed by atoms with Crippen LogP contribution in [0.3, 0.4) is 0 Å². The van der Waals surface area contributed by atoms with E-state index in [1.807, 2.05) is 18.4 Å².